The van der Waals surface area contributed by atoms with Gasteiger partial charge in [-0.05, 0) is 30.4 Å². The van der Waals surface area contributed by atoms with E-state index >= 15 is 0 Å². The number of ether oxygens (including phenoxy) is 1. The summed E-state index contributed by atoms with van der Waals surface area (Å²) in [5, 5.41) is 8.74. The van der Waals surface area contributed by atoms with Crippen LogP contribution in [0.25, 0.3) is 0 Å². The lowest BCUT2D eigenvalue weighted by molar-refractivity contribution is -0.141. The lowest BCUT2D eigenvalue weighted by Crippen LogP contribution is -2.13. The van der Waals surface area contributed by atoms with Crippen LogP contribution in [-0.2, 0) is 9.53 Å². The fourth-order valence-electron chi connectivity index (χ4n) is 1.52. The normalized spacial score (nSPS) is 16.8. The summed E-state index contributed by atoms with van der Waals surface area (Å²) in [7, 11) is 1.44. The predicted molar refractivity (Wildman–Crippen MR) is 61.1 cm³/mol. The van der Waals surface area contributed by atoms with Crippen molar-refractivity contribution < 1.29 is 9.53 Å². The summed E-state index contributed by atoms with van der Waals surface area (Å²) in [6.07, 6.45) is 4.40. The fourth-order valence-corrected chi connectivity index (χ4v) is 2.64. The van der Waals surface area contributed by atoms with Crippen LogP contribution < -0.4 is 0 Å². The van der Waals surface area contributed by atoms with Gasteiger partial charge in [0.25, 0.3) is 0 Å². The van der Waals surface area contributed by atoms with Crippen LogP contribution in [0.5, 0.6) is 0 Å². The molecule has 1 fully saturated rings. The first-order chi connectivity index (χ1) is 7.74. The van der Waals surface area contributed by atoms with Crippen LogP contribution in [0.15, 0.2) is 23.4 Å². The zero-order valence-corrected chi connectivity index (χ0v) is 10.00. The first-order valence-corrected chi connectivity index (χ1v) is 6.20. The van der Waals surface area contributed by atoms with Gasteiger partial charge < -0.3 is 4.74 Å². The number of rotatable bonds is 5. The van der Waals surface area contributed by atoms with Gasteiger partial charge in [0.05, 0.1) is 13.5 Å². The summed E-state index contributed by atoms with van der Waals surface area (Å²) < 4.78 is 4.70. The molecular weight excluding hydrogens is 224 g/mol. The Morgan fingerprint density at radius 1 is 1.62 bits per heavy atom. The number of nitrogens with zero attached hydrogens (tertiary/aromatic N) is 2. The van der Waals surface area contributed by atoms with Gasteiger partial charge in [0.15, 0.2) is 0 Å². The van der Waals surface area contributed by atoms with Gasteiger partial charge in [-0.2, -0.15) is 5.10 Å². The number of hydrogen-bond acceptors (Lipinski definition) is 5. The van der Waals surface area contributed by atoms with Crippen LogP contribution in [0, 0.1) is 5.41 Å². The van der Waals surface area contributed by atoms with Crippen molar-refractivity contribution >= 4 is 17.7 Å². The third kappa shape index (κ3) is 2.95. The van der Waals surface area contributed by atoms with Gasteiger partial charge >= 0.3 is 5.97 Å². The summed E-state index contributed by atoms with van der Waals surface area (Å²) in [6.45, 7) is 0. The molecule has 1 aromatic heterocycles. The van der Waals surface area contributed by atoms with Gasteiger partial charge in [0.2, 0.25) is 0 Å². The molecule has 1 heterocycles. The second-order valence-electron chi connectivity index (χ2n) is 4.10. The number of aromatic nitrogens is 2. The Morgan fingerprint density at radius 2 is 2.44 bits per heavy atom. The second kappa shape index (κ2) is 4.82. The van der Waals surface area contributed by atoms with Crippen molar-refractivity contribution in [3.8, 4) is 0 Å². The highest BCUT2D eigenvalue weighted by Gasteiger charge is 2.44. The first-order valence-electron chi connectivity index (χ1n) is 5.21. The third-order valence-corrected chi connectivity index (χ3v) is 4.05. The van der Waals surface area contributed by atoms with Crippen LogP contribution in [-0.4, -0.2) is 29.0 Å². The molecule has 16 heavy (non-hydrogen) atoms. The van der Waals surface area contributed by atoms with Crippen molar-refractivity contribution in [3.05, 3.63) is 18.3 Å². The molecule has 0 atom stereocenters. The molecule has 0 N–H and O–H groups in total. The van der Waals surface area contributed by atoms with E-state index in [0.29, 0.717) is 6.42 Å². The average molecular weight is 238 g/mol. The van der Waals surface area contributed by atoms with Crippen LogP contribution in [0.3, 0.4) is 0 Å². The molecule has 0 aliphatic heterocycles. The Labute approximate surface area is 98.8 Å². The van der Waals surface area contributed by atoms with E-state index in [9.17, 15) is 4.79 Å². The largest absolute Gasteiger partial charge is 0.469 e. The van der Waals surface area contributed by atoms with Gasteiger partial charge in [0.1, 0.15) is 5.03 Å². The van der Waals surface area contributed by atoms with Gasteiger partial charge in [-0.15, -0.1) is 16.9 Å². The second-order valence-corrected chi connectivity index (χ2v) is 5.10. The van der Waals surface area contributed by atoms with Crippen LogP contribution >= 0.6 is 11.8 Å². The Kier molecular flexibility index (Phi) is 3.43. The Morgan fingerprint density at radius 3 is 3.00 bits per heavy atom. The highest BCUT2D eigenvalue weighted by atomic mass is 32.2. The van der Waals surface area contributed by atoms with Crippen LogP contribution in [0.4, 0.5) is 0 Å². The molecule has 4 nitrogen and oxygen atoms in total. The van der Waals surface area contributed by atoms with Crippen molar-refractivity contribution in [2.75, 3.05) is 12.9 Å². The minimum absolute atomic E-state index is 0.114. The molecule has 2 rings (SSSR count). The Balaban J connectivity index is 1.84. The maximum Gasteiger partial charge on any atom is 0.306 e. The van der Waals surface area contributed by atoms with E-state index in [4.69, 9.17) is 4.74 Å². The van der Waals surface area contributed by atoms with E-state index in [2.05, 4.69) is 10.2 Å². The predicted octanol–water partition coefficient (Wildman–Crippen LogP) is 1.91. The van der Waals surface area contributed by atoms with E-state index in [1.165, 1.54) is 7.11 Å². The number of hydrogen-bond donors (Lipinski definition) is 0. The van der Waals surface area contributed by atoms with Gasteiger partial charge in [0, 0.05) is 11.9 Å². The Hall–Kier alpha value is -1.10. The average Bonchev–Trinajstić information content (AvgIpc) is 3.08. The van der Waals surface area contributed by atoms with E-state index in [-0.39, 0.29) is 11.4 Å². The zero-order chi connectivity index (χ0) is 11.4. The first kappa shape index (κ1) is 11.4. The van der Waals surface area contributed by atoms with E-state index in [1.807, 2.05) is 12.1 Å². The Bertz CT molecular complexity index is 366. The molecule has 0 radical (unpaired) electrons. The summed E-state index contributed by atoms with van der Waals surface area (Å²) in [6, 6.07) is 3.81. The van der Waals surface area contributed by atoms with Crippen molar-refractivity contribution in [3.63, 3.8) is 0 Å². The molecule has 1 aliphatic rings. The highest BCUT2D eigenvalue weighted by Crippen LogP contribution is 2.51. The lowest BCUT2D eigenvalue weighted by atomic mass is 10.1. The van der Waals surface area contributed by atoms with Crippen molar-refractivity contribution in [1.29, 1.82) is 0 Å². The summed E-state index contributed by atoms with van der Waals surface area (Å²) in [4.78, 5) is 11.2. The molecule has 0 unspecified atom stereocenters. The lowest BCUT2D eigenvalue weighted by Gasteiger charge is -2.11. The monoisotopic (exact) mass is 238 g/mol. The highest BCUT2D eigenvalue weighted by molar-refractivity contribution is 7.99. The standard InChI is InChI=1S/C11H14N2O2S/c1-15-10(14)7-11(4-5-11)8-16-9-3-2-6-12-13-9/h2-3,6H,4-5,7-8H2,1H3. The minimum atomic E-state index is -0.114. The molecule has 0 saturated heterocycles. The molecule has 1 aromatic rings. The van der Waals surface area contributed by atoms with E-state index in [0.717, 1.165) is 23.6 Å². The van der Waals surface area contributed by atoms with E-state index in [1.54, 1.807) is 18.0 Å². The van der Waals surface area contributed by atoms with Gasteiger partial charge in [-0.1, -0.05) is 0 Å². The van der Waals surface area contributed by atoms with Crippen LogP contribution in [0.1, 0.15) is 19.3 Å². The molecule has 86 valence electrons. The maximum atomic E-state index is 11.2. The number of thioether (sulfide) groups is 1. The van der Waals surface area contributed by atoms with Gasteiger partial charge in [-0.3, -0.25) is 4.79 Å². The quantitative estimate of drug-likeness (QED) is 0.579. The maximum absolute atomic E-state index is 11.2. The number of carbonyl (C=O) groups excluding carboxylic acids is 1. The SMILES string of the molecule is COC(=O)CC1(CSc2cccnn2)CC1. The molecule has 0 aromatic carbocycles. The molecule has 0 bridgehead atoms. The smallest absolute Gasteiger partial charge is 0.306 e. The van der Waals surface area contributed by atoms with Crippen molar-refractivity contribution in [2.45, 2.75) is 24.3 Å². The van der Waals surface area contributed by atoms with E-state index < -0.39 is 0 Å². The van der Waals surface area contributed by atoms with Crippen molar-refractivity contribution in [1.82, 2.24) is 10.2 Å². The topological polar surface area (TPSA) is 52.1 Å². The third-order valence-electron chi connectivity index (χ3n) is 2.78. The van der Waals surface area contributed by atoms with Crippen molar-refractivity contribution in [2.24, 2.45) is 5.41 Å². The molecule has 0 amide bonds. The summed E-state index contributed by atoms with van der Waals surface area (Å²) in [5.74, 6) is 0.804. The van der Waals surface area contributed by atoms with Crippen LogP contribution in [0.2, 0.25) is 0 Å². The number of methoxy groups -OCH3 is 1. The minimum Gasteiger partial charge on any atom is -0.469 e. The molecule has 5 heteroatoms. The van der Waals surface area contributed by atoms with Gasteiger partial charge in [-0.25, -0.2) is 0 Å². The molecular formula is C11H14N2O2S. The summed E-state index contributed by atoms with van der Waals surface area (Å²) in [5.41, 5.74) is 0.148. The molecule has 1 aliphatic carbocycles. The fraction of sp³-hybridized carbons (Fsp3) is 0.545. The summed E-state index contributed by atoms with van der Waals surface area (Å²) >= 11 is 1.66. The molecule has 1 saturated carbocycles. The number of carbonyl (C=O) groups is 1. The number of esters is 1. The molecule has 0 spiro atoms. The zero-order valence-electron chi connectivity index (χ0n) is 9.18.